The van der Waals surface area contributed by atoms with Gasteiger partial charge in [-0.25, -0.2) is 0 Å². The van der Waals surface area contributed by atoms with Gasteiger partial charge in [0.15, 0.2) is 0 Å². The fourth-order valence-corrected chi connectivity index (χ4v) is 2.24. The molecule has 18 heavy (non-hydrogen) atoms. The van der Waals surface area contributed by atoms with E-state index in [4.69, 9.17) is 0 Å². The van der Waals surface area contributed by atoms with Crippen LogP contribution < -0.4 is 4.74 Å². The van der Waals surface area contributed by atoms with E-state index in [-0.39, 0.29) is 11.7 Å². The van der Waals surface area contributed by atoms with Crippen molar-refractivity contribution in [3.8, 4) is 5.75 Å². The maximum absolute atomic E-state index is 12.4. The van der Waals surface area contributed by atoms with Crippen LogP contribution in [-0.4, -0.2) is 6.36 Å². The number of hydrogen-bond donors (Lipinski definition) is 0. The summed E-state index contributed by atoms with van der Waals surface area (Å²) in [4.78, 5) is 0. The molecule has 0 aliphatic heterocycles. The second kappa shape index (κ2) is 4.82. The molecular weight excluding hydrogens is 241 g/mol. The number of halogens is 3. The molecule has 1 aliphatic carbocycles. The van der Waals surface area contributed by atoms with Crippen LogP contribution in [0.25, 0.3) is 0 Å². The summed E-state index contributed by atoms with van der Waals surface area (Å²) < 4.78 is 41.3. The van der Waals surface area contributed by atoms with Gasteiger partial charge in [-0.15, -0.1) is 13.2 Å². The second-order valence-corrected chi connectivity index (χ2v) is 5.13. The first-order chi connectivity index (χ1) is 8.37. The van der Waals surface area contributed by atoms with Gasteiger partial charge in [0.2, 0.25) is 0 Å². The molecule has 1 aliphatic rings. The molecule has 0 heterocycles. The highest BCUT2D eigenvalue weighted by atomic mass is 19.4. The van der Waals surface area contributed by atoms with Crippen molar-refractivity contribution in [3.63, 3.8) is 0 Å². The van der Waals surface area contributed by atoms with E-state index in [9.17, 15) is 13.2 Å². The smallest absolute Gasteiger partial charge is 0.405 e. The van der Waals surface area contributed by atoms with Gasteiger partial charge in [0.25, 0.3) is 0 Å². The molecule has 0 atom stereocenters. The Morgan fingerprint density at radius 2 is 1.89 bits per heavy atom. The summed E-state index contributed by atoms with van der Waals surface area (Å²) in [6.45, 7) is 3.73. The van der Waals surface area contributed by atoms with Crippen LogP contribution in [0, 0.1) is 0 Å². The fourth-order valence-electron chi connectivity index (χ4n) is 2.24. The molecule has 1 fully saturated rings. The quantitative estimate of drug-likeness (QED) is 0.743. The van der Waals surface area contributed by atoms with E-state index in [0.29, 0.717) is 11.5 Å². The summed E-state index contributed by atoms with van der Waals surface area (Å²) in [5.41, 5.74) is 1.57. The lowest BCUT2D eigenvalue weighted by Gasteiger charge is -2.27. The topological polar surface area (TPSA) is 9.23 Å². The standard InChI is InChI=1S/C14H17F3O/c1-9(2)12-7-6-11(10-4-3-5-10)8-13(12)18-14(15,16)17/h6-10H,3-5H2,1-2H3. The van der Waals surface area contributed by atoms with E-state index in [1.54, 1.807) is 12.1 Å². The van der Waals surface area contributed by atoms with E-state index in [1.165, 1.54) is 0 Å². The van der Waals surface area contributed by atoms with Gasteiger partial charge in [-0.05, 0) is 41.9 Å². The predicted molar refractivity (Wildman–Crippen MR) is 63.8 cm³/mol. The summed E-state index contributed by atoms with van der Waals surface area (Å²) in [5.74, 6) is 0.376. The summed E-state index contributed by atoms with van der Waals surface area (Å²) in [5, 5.41) is 0. The minimum atomic E-state index is -4.62. The van der Waals surface area contributed by atoms with E-state index in [0.717, 1.165) is 24.8 Å². The second-order valence-electron chi connectivity index (χ2n) is 5.13. The number of alkyl halides is 3. The lowest BCUT2D eigenvalue weighted by atomic mass is 9.79. The van der Waals surface area contributed by atoms with E-state index in [2.05, 4.69) is 4.74 Å². The van der Waals surface area contributed by atoms with Crippen molar-refractivity contribution >= 4 is 0 Å². The third kappa shape index (κ3) is 2.98. The van der Waals surface area contributed by atoms with Gasteiger partial charge >= 0.3 is 6.36 Å². The van der Waals surface area contributed by atoms with Crippen LogP contribution in [0.1, 0.15) is 56.1 Å². The monoisotopic (exact) mass is 258 g/mol. The number of benzene rings is 1. The van der Waals surface area contributed by atoms with Gasteiger partial charge in [-0.1, -0.05) is 32.4 Å². The lowest BCUT2D eigenvalue weighted by molar-refractivity contribution is -0.275. The largest absolute Gasteiger partial charge is 0.573 e. The Hall–Kier alpha value is -1.19. The maximum Gasteiger partial charge on any atom is 0.573 e. The third-order valence-electron chi connectivity index (χ3n) is 3.46. The average Bonchev–Trinajstić information content (AvgIpc) is 2.11. The predicted octanol–water partition coefficient (Wildman–Crippen LogP) is 4.98. The summed E-state index contributed by atoms with van der Waals surface area (Å²) in [7, 11) is 0. The van der Waals surface area contributed by atoms with Crippen LogP contribution in [0.5, 0.6) is 5.75 Å². The van der Waals surface area contributed by atoms with Crippen molar-refractivity contribution in [1.82, 2.24) is 0 Å². The molecule has 1 saturated carbocycles. The van der Waals surface area contributed by atoms with Crippen LogP contribution in [0.2, 0.25) is 0 Å². The first-order valence-electron chi connectivity index (χ1n) is 6.26. The Kier molecular flexibility index (Phi) is 3.55. The normalized spacial score (nSPS) is 16.8. The fraction of sp³-hybridized carbons (Fsp3) is 0.571. The molecule has 1 aromatic rings. The Morgan fingerprint density at radius 1 is 1.22 bits per heavy atom. The van der Waals surface area contributed by atoms with Crippen molar-refractivity contribution in [1.29, 1.82) is 0 Å². The molecule has 1 nitrogen and oxygen atoms in total. The van der Waals surface area contributed by atoms with Crippen molar-refractivity contribution in [2.75, 3.05) is 0 Å². The highest BCUT2D eigenvalue weighted by molar-refractivity contribution is 5.41. The Labute approximate surface area is 105 Å². The van der Waals surface area contributed by atoms with Gasteiger partial charge in [0.05, 0.1) is 0 Å². The summed E-state index contributed by atoms with van der Waals surface area (Å²) in [6.07, 6.45) is -1.34. The molecule has 0 saturated heterocycles. The highest BCUT2D eigenvalue weighted by Gasteiger charge is 2.33. The molecule has 1 aromatic carbocycles. The summed E-state index contributed by atoms with van der Waals surface area (Å²) >= 11 is 0. The maximum atomic E-state index is 12.4. The minimum Gasteiger partial charge on any atom is -0.405 e. The lowest BCUT2D eigenvalue weighted by Crippen LogP contribution is -2.19. The molecule has 100 valence electrons. The number of hydrogen-bond acceptors (Lipinski definition) is 1. The van der Waals surface area contributed by atoms with Gasteiger partial charge in [0, 0.05) is 0 Å². The number of ether oxygens (including phenoxy) is 1. The minimum absolute atomic E-state index is 0.0118. The van der Waals surface area contributed by atoms with Crippen LogP contribution >= 0.6 is 0 Å². The number of rotatable bonds is 3. The zero-order valence-corrected chi connectivity index (χ0v) is 10.6. The van der Waals surface area contributed by atoms with Crippen LogP contribution in [0.15, 0.2) is 18.2 Å². The first kappa shape index (κ1) is 13.2. The molecular formula is C14H17F3O. The van der Waals surface area contributed by atoms with E-state index < -0.39 is 6.36 Å². The van der Waals surface area contributed by atoms with E-state index >= 15 is 0 Å². The van der Waals surface area contributed by atoms with Crippen molar-refractivity contribution in [2.24, 2.45) is 0 Å². The molecule has 0 amide bonds. The van der Waals surface area contributed by atoms with Crippen molar-refractivity contribution in [2.45, 2.75) is 51.3 Å². The van der Waals surface area contributed by atoms with Crippen molar-refractivity contribution < 1.29 is 17.9 Å². The Balaban J connectivity index is 2.31. The Bertz CT molecular complexity index is 420. The van der Waals surface area contributed by atoms with Gasteiger partial charge < -0.3 is 4.74 Å². The van der Waals surface area contributed by atoms with Crippen LogP contribution in [0.3, 0.4) is 0 Å². The molecule has 0 radical (unpaired) electrons. The molecule has 4 heteroatoms. The van der Waals surface area contributed by atoms with Gasteiger partial charge in [-0.2, -0.15) is 0 Å². The zero-order chi connectivity index (χ0) is 13.3. The Morgan fingerprint density at radius 3 is 2.33 bits per heavy atom. The molecule has 0 unspecified atom stereocenters. The van der Waals surface area contributed by atoms with Crippen LogP contribution in [-0.2, 0) is 0 Å². The van der Waals surface area contributed by atoms with Gasteiger partial charge in [0.1, 0.15) is 5.75 Å². The third-order valence-corrected chi connectivity index (χ3v) is 3.46. The molecule has 0 aromatic heterocycles. The highest BCUT2D eigenvalue weighted by Crippen LogP contribution is 2.40. The SMILES string of the molecule is CC(C)c1ccc(C2CCC2)cc1OC(F)(F)F. The zero-order valence-electron chi connectivity index (χ0n) is 10.6. The average molecular weight is 258 g/mol. The van der Waals surface area contributed by atoms with E-state index in [1.807, 2.05) is 19.9 Å². The van der Waals surface area contributed by atoms with Gasteiger partial charge in [-0.3, -0.25) is 0 Å². The molecule has 0 spiro atoms. The summed E-state index contributed by atoms with van der Waals surface area (Å²) in [6, 6.07) is 5.26. The first-order valence-corrected chi connectivity index (χ1v) is 6.26. The molecule has 0 N–H and O–H groups in total. The molecule has 2 rings (SSSR count). The van der Waals surface area contributed by atoms with Crippen molar-refractivity contribution in [3.05, 3.63) is 29.3 Å². The molecule has 0 bridgehead atoms. The van der Waals surface area contributed by atoms with Crippen LogP contribution in [0.4, 0.5) is 13.2 Å².